The van der Waals surface area contributed by atoms with Gasteiger partial charge in [-0.3, -0.25) is 9.48 Å². The average molecular weight is 262 g/mol. The molecule has 7 nitrogen and oxygen atoms in total. The van der Waals surface area contributed by atoms with Gasteiger partial charge < -0.3 is 9.47 Å². The molecule has 0 spiro atoms. The molecule has 0 radical (unpaired) electrons. The first kappa shape index (κ1) is 13.0. The van der Waals surface area contributed by atoms with Crippen molar-refractivity contribution in [2.24, 2.45) is 7.05 Å². The molecule has 2 aromatic rings. The number of aryl methyl sites for hydroxylation is 1. The number of nitrogens with zero attached hydrogens (tertiary/aromatic N) is 4. The van der Waals surface area contributed by atoms with Gasteiger partial charge in [-0.1, -0.05) is 0 Å². The highest BCUT2D eigenvalue weighted by Gasteiger charge is 2.22. The summed E-state index contributed by atoms with van der Waals surface area (Å²) in [6, 6.07) is 0. The molecular formula is C12H14N4O3. The largest absolute Gasteiger partial charge is 0.480 e. The minimum atomic E-state index is -0.280. The van der Waals surface area contributed by atoms with Crippen molar-refractivity contribution in [1.82, 2.24) is 19.7 Å². The van der Waals surface area contributed by atoms with Crippen LogP contribution in [0.3, 0.4) is 0 Å². The highest BCUT2D eigenvalue weighted by molar-refractivity contribution is 6.09. The van der Waals surface area contributed by atoms with E-state index in [1.54, 1.807) is 11.7 Å². The summed E-state index contributed by atoms with van der Waals surface area (Å²) in [5, 5.41) is 4.03. The fourth-order valence-electron chi connectivity index (χ4n) is 1.60. The SMILES string of the molecule is COc1cnc(C(=O)c2cnn(C)c2C)c(OC)n1. The average Bonchev–Trinajstić information content (AvgIpc) is 2.77. The van der Waals surface area contributed by atoms with Crippen molar-refractivity contribution >= 4 is 5.78 Å². The number of aromatic nitrogens is 4. The maximum atomic E-state index is 12.4. The minimum absolute atomic E-state index is 0.132. The lowest BCUT2D eigenvalue weighted by molar-refractivity contribution is 0.102. The van der Waals surface area contributed by atoms with Gasteiger partial charge in [-0.2, -0.15) is 10.1 Å². The fourth-order valence-corrected chi connectivity index (χ4v) is 1.60. The molecule has 0 aliphatic rings. The zero-order chi connectivity index (χ0) is 14.0. The van der Waals surface area contributed by atoms with Gasteiger partial charge >= 0.3 is 0 Å². The molecule has 2 rings (SSSR count). The quantitative estimate of drug-likeness (QED) is 0.757. The molecule has 0 aliphatic carbocycles. The van der Waals surface area contributed by atoms with Crippen LogP contribution in [-0.2, 0) is 7.05 Å². The Labute approximate surface area is 110 Å². The molecule has 0 aromatic carbocycles. The Bertz CT molecular complexity index is 621. The number of carbonyl (C=O) groups excluding carboxylic acids is 1. The second-order valence-electron chi connectivity index (χ2n) is 3.87. The molecule has 0 amide bonds. The van der Waals surface area contributed by atoms with Crippen molar-refractivity contribution < 1.29 is 14.3 Å². The fraction of sp³-hybridized carbons (Fsp3) is 0.333. The summed E-state index contributed by atoms with van der Waals surface area (Å²) in [7, 11) is 4.66. The Morgan fingerprint density at radius 2 is 2.00 bits per heavy atom. The van der Waals surface area contributed by atoms with Gasteiger partial charge in [-0.05, 0) is 6.92 Å². The number of carbonyl (C=O) groups is 1. The molecule has 0 bridgehead atoms. The third-order valence-electron chi connectivity index (χ3n) is 2.82. The predicted octanol–water partition coefficient (Wildman–Crippen LogP) is 0.767. The monoisotopic (exact) mass is 262 g/mol. The molecule has 0 unspecified atom stereocenters. The van der Waals surface area contributed by atoms with E-state index in [0.29, 0.717) is 5.56 Å². The Kier molecular flexibility index (Phi) is 3.46. The summed E-state index contributed by atoms with van der Waals surface area (Å²) in [5.41, 5.74) is 1.37. The lowest BCUT2D eigenvalue weighted by Gasteiger charge is -2.07. The standard InChI is InChI=1S/C12H14N4O3/c1-7-8(5-14-16(7)2)11(17)10-12(19-4)15-9(18-3)6-13-10/h5-6H,1-4H3. The van der Waals surface area contributed by atoms with E-state index in [1.165, 1.54) is 26.6 Å². The topological polar surface area (TPSA) is 79.1 Å². The highest BCUT2D eigenvalue weighted by atomic mass is 16.5. The number of methoxy groups -OCH3 is 2. The van der Waals surface area contributed by atoms with Crippen LogP contribution in [0.5, 0.6) is 11.8 Å². The molecular weight excluding hydrogens is 248 g/mol. The molecule has 0 N–H and O–H groups in total. The van der Waals surface area contributed by atoms with E-state index in [0.717, 1.165) is 5.69 Å². The van der Waals surface area contributed by atoms with Crippen molar-refractivity contribution in [1.29, 1.82) is 0 Å². The van der Waals surface area contributed by atoms with Crippen molar-refractivity contribution in [2.45, 2.75) is 6.92 Å². The van der Waals surface area contributed by atoms with Crippen LogP contribution in [0.25, 0.3) is 0 Å². The van der Waals surface area contributed by atoms with Gasteiger partial charge in [0.15, 0.2) is 5.69 Å². The van der Waals surface area contributed by atoms with Crippen molar-refractivity contribution in [2.75, 3.05) is 14.2 Å². The van der Waals surface area contributed by atoms with Gasteiger partial charge in [-0.25, -0.2) is 4.98 Å². The van der Waals surface area contributed by atoms with Crippen LogP contribution < -0.4 is 9.47 Å². The van der Waals surface area contributed by atoms with Crippen molar-refractivity contribution in [3.63, 3.8) is 0 Å². The molecule has 7 heteroatoms. The molecule has 2 heterocycles. The van der Waals surface area contributed by atoms with E-state index in [2.05, 4.69) is 15.1 Å². The van der Waals surface area contributed by atoms with Gasteiger partial charge in [0.25, 0.3) is 0 Å². The lowest BCUT2D eigenvalue weighted by atomic mass is 10.1. The Morgan fingerprint density at radius 1 is 1.26 bits per heavy atom. The molecule has 0 aliphatic heterocycles. The number of ether oxygens (including phenoxy) is 2. The van der Waals surface area contributed by atoms with Crippen molar-refractivity contribution in [3.8, 4) is 11.8 Å². The second-order valence-corrected chi connectivity index (χ2v) is 3.87. The van der Waals surface area contributed by atoms with Gasteiger partial charge in [0, 0.05) is 12.7 Å². The van der Waals surface area contributed by atoms with Crippen LogP contribution in [-0.4, -0.2) is 39.8 Å². The lowest BCUT2D eigenvalue weighted by Crippen LogP contribution is -2.09. The molecule has 0 fully saturated rings. The van der Waals surface area contributed by atoms with E-state index in [-0.39, 0.29) is 23.2 Å². The molecule has 0 saturated heterocycles. The predicted molar refractivity (Wildman–Crippen MR) is 66.5 cm³/mol. The minimum Gasteiger partial charge on any atom is -0.480 e. The van der Waals surface area contributed by atoms with Crippen LogP contribution in [0.4, 0.5) is 0 Å². The summed E-state index contributed by atoms with van der Waals surface area (Å²) >= 11 is 0. The molecule has 19 heavy (non-hydrogen) atoms. The summed E-state index contributed by atoms with van der Waals surface area (Å²) in [4.78, 5) is 20.5. The van der Waals surface area contributed by atoms with E-state index >= 15 is 0 Å². The van der Waals surface area contributed by atoms with Crippen molar-refractivity contribution in [3.05, 3.63) is 29.3 Å². The number of rotatable bonds is 4. The zero-order valence-corrected chi connectivity index (χ0v) is 11.2. The Hall–Kier alpha value is -2.44. The van der Waals surface area contributed by atoms with E-state index < -0.39 is 0 Å². The molecule has 2 aromatic heterocycles. The Morgan fingerprint density at radius 3 is 2.53 bits per heavy atom. The van der Waals surface area contributed by atoms with E-state index in [9.17, 15) is 4.79 Å². The van der Waals surface area contributed by atoms with Gasteiger partial charge in [0.1, 0.15) is 0 Å². The van der Waals surface area contributed by atoms with Crippen LogP contribution >= 0.6 is 0 Å². The van der Waals surface area contributed by atoms with Gasteiger partial charge in [0.2, 0.25) is 17.5 Å². The maximum Gasteiger partial charge on any atom is 0.247 e. The summed E-state index contributed by atoms with van der Waals surface area (Å²) in [6.07, 6.45) is 2.88. The number of ketones is 1. The zero-order valence-electron chi connectivity index (χ0n) is 11.2. The molecule has 100 valence electrons. The summed E-state index contributed by atoms with van der Waals surface area (Å²) in [6.45, 7) is 1.81. The molecule has 0 atom stereocenters. The first-order valence-corrected chi connectivity index (χ1v) is 5.56. The van der Waals surface area contributed by atoms with Crippen LogP contribution in [0, 0.1) is 6.92 Å². The first-order valence-electron chi connectivity index (χ1n) is 5.56. The molecule has 0 saturated carbocycles. The number of hydrogen-bond acceptors (Lipinski definition) is 6. The van der Waals surface area contributed by atoms with E-state index in [4.69, 9.17) is 9.47 Å². The van der Waals surface area contributed by atoms with E-state index in [1.807, 2.05) is 6.92 Å². The van der Waals surface area contributed by atoms with Crippen LogP contribution in [0.1, 0.15) is 21.7 Å². The van der Waals surface area contributed by atoms with Gasteiger partial charge in [0.05, 0.1) is 32.2 Å². The first-order chi connectivity index (χ1) is 9.08. The third-order valence-corrected chi connectivity index (χ3v) is 2.82. The normalized spacial score (nSPS) is 10.3. The van der Waals surface area contributed by atoms with Gasteiger partial charge in [-0.15, -0.1) is 0 Å². The smallest absolute Gasteiger partial charge is 0.247 e. The van der Waals surface area contributed by atoms with Crippen LogP contribution in [0.15, 0.2) is 12.4 Å². The summed E-state index contributed by atoms with van der Waals surface area (Å²) < 4.78 is 11.6. The number of hydrogen-bond donors (Lipinski definition) is 0. The maximum absolute atomic E-state index is 12.4. The third kappa shape index (κ3) is 2.26. The van der Waals surface area contributed by atoms with Crippen LogP contribution in [0.2, 0.25) is 0 Å². The Balaban J connectivity index is 2.47. The second kappa shape index (κ2) is 5.05. The highest BCUT2D eigenvalue weighted by Crippen LogP contribution is 2.21. The summed E-state index contributed by atoms with van der Waals surface area (Å²) in [5.74, 6) is 0.140.